The van der Waals surface area contributed by atoms with E-state index in [9.17, 15) is 9.59 Å². The van der Waals surface area contributed by atoms with E-state index < -0.39 is 6.04 Å². The Morgan fingerprint density at radius 3 is 2.12 bits per heavy atom. The van der Waals surface area contributed by atoms with Crippen molar-refractivity contribution in [1.29, 1.82) is 0 Å². The Balaban J connectivity index is 0.00000338. The topological polar surface area (TPSA) is 84.2 Å². The molecule has 2 amide bonds. The summed E-state index contributed by atoms with van der Waals surface area (Å²) >= 11 is 0. The molecular formula is C20H26ClN3O2. The van der Waals surface area contributed by atoms with Gasteiger partial charge in [-0.15, -0.1) is 12.4 Å². The standard InChI is InChI=1S/C20H25N3O2.ClH/c1-20(2,3)23-18(24)15-9-11-16(12-10-15)22-19(25)17(21)13-14-7-5-4-6-8-14;/h4-12,17H,13,21H2,1-3H3,(H,22,25)(H,23,24);1H/t17-;/m0./s1. The number of carbonyl (C=O) groups excluding carboxylic acids is 2. The number of halogens is 1. The summed E-state index contributed by atoms with van der Waals surface area (Å²) in [6, 6.07) is 15.8. The molecule has 0 aliphatic carbocycles. The Morgan fingerprint density at radius 1 is 1.00 bits per heavy atom. The van der Waals surface area contributed by atoms with E-state index >= 15 is 0 Å². The molecule has 0 unspecified atom stereocenters. The van der Waals surface area contributed by atoms with E-state index in [1.165, 1.54) is 0 Å². The van der Waals surface area contributed by atoms with E-state index in [1.807, 2.05) is 51.1 Å². The fraction of sp³-hybridized carbons (Fsp3) is 0.300. The quantitative estimate of drug-likeness (QED) is 0.750. The maximum atomic E-state index is 12.2. The molecule has 0 bridgehead atoms. The van der Waals surface area contributed by atoms with Gasteiger partial charge in [0.05, 0.1) is 6.04 Å². The summed E-state index contributed by atoms with van der Waals surface area (Å²) in [6.45, 7) is 5.77. The van der Waals surface area contributed by atoms with Gasteiger partial charge in [0.1, 0.15) is 0 Å². The second-order valence-electron chi connectivity index (χ2n) is 7.07. The SMILES string of the molecule is CC(C)(C)NC(=O)c1ccc(NC(=O)[C@@H](N)Cc2ccccc2)cc1.Cl. The summed E-state index contributed by atoms with van der Waals surface area (Å²) in [5, 5.41) is 5.68. The van der Waals surface area contributed by atoms with Gasteiger partial charge in [0.15, 0.2) is 0 Å². The zero-order valence-electron chi connectivity index (χ0n) is 15.3. The minimum Gasteiger partial charge on any atom is -0.347 e. The third-order valence-electron chi connectivity index (χ3n) is 3.54. The van der Waals surface area contributed by atoms with Gasteiger partial charge in [0.25, 0.3) is 5.91 Å². The summed E-state index contributed by atoms with van der Waals surface area (Å²) in [4.78, 5) is 24.3. The van der Waals surface area contributed by atoms with Crippen molar-refractivity contribution in [2.45, 2.75) is 38.8 Å². The van der Waals surface area contributed by atoms with Gasteiger partial charge < -0.3 is 16.4 Å². The molecule has 0 radical (unpaired) electrons. The fourth-order valence-corrected chi connectivity index (χ4v) is 2.31. The second-order valence-corrected chi connectivity index (χ2v) is 7.07. The molecule has 140 valence electrons. The second kappa shape index (κ2) is 9.36. The maximum Gasteiger partial charge on any atom is 0.251 e. The van der Waals surface area contributed by atoms with E-state index in [2.05, 4.69) is 10.6 Å². The number of nitrogens with one attached hydrogen (secondary N) is 2. The number of nitrogens with two attached hydrogens (primary N) is 1. The molecule has 0 saturated heterocycles. The highest BCUT2D eigenvalue weighted by Gasteiger charge is 2.16. The Hall–Kier alpha value is -2.37. The summed E-state index contributed by atoms with van der Waals surface area (Å²) in [6.07, 6.45) is 0.471. The molecule has 0 spiro atoms. The Labute approximate surface area is 160 Å². The van der Waals surface area contributed by atoms with Crippen molar-refractivity contribution in [3.63, 3.8) is 0 Å². The van der Waals surface area contributed by atoms with Crippen molar-refractivity contribution < 1.29 is 9.59 Å². The maximum absolute atomic E-state index is 12.2. The third kappa shape index (κ3) is 6.86. The van der Waals surface area contributed by atoms with Crippen LogP contribution in [0.5, 0.6) is 0 Å². The lowest BCUT2D eigenvalue weighted by molar-refractivity contribution is -0.117. The summed E-state index contributed by atoms with van der Waals surface area (Å²) in [5.74, 6) is -0.401. The minimum absolute atomic E-state index is 0. The smallest absolute Gasteiger partial charge is 0.251 e. The lowest BCUT2D eigenvalue weighted by Crippen LogP contribution is -2.40. The number of hydrogen-bond donors (Lipinski definition) is 3. The van der Waals surface area contributed by atoms with Gasteiger partial charge in [-0.25, -0.2) is 0 Å². The number of hydrogen-bond acceptors (Lipinski definition) is 3. The van der Waals surface area contributed by atoms with Crippen LogP contribution in [0.4, 0.5) is 5.69 Å². The summed E-state index contributed by atoms with van der Waals surface area (Å²) in [5.41, 5.74) is 7.84. The van der Waals surface area contributed by atoms with Gasteiger partial charge in [0, 0.05) is 16.8 Å². The van der Waals surface area contributed by atoms with Crippen LogP contribution in [-0.2, 0) is 11.2 Å². The van der Waals surface area contributed by atoms with E-state index in [4.69, 9.17) is 5.73 Å². The summed E-state index contributed by atoms with van der Waals surface area (Å²) < 4.78 is 0. The normalized spacial score (nSPS) is 11.8. The van der Waals surface area contributed by atoms with Crippen LogP contribution in [0.1, 0.15) is 36.7 Å². The molecule has 1 atom stereocenters. The molecule has 2 aromatic rings. The third-order valence-corrected chi connectivity index (χ3v) is 3.54. The molecule has 0 saturated carbocycles. The van der Waals surface area contributed by atoms with Crippen LogP contribution in [-0.4, -0.2) is 23.4 Å². The zero-order valence-corrected chi connectivity index (χ0v) is 16.1. The van der Waals surface area contributed by atoms with E-state index in [0.29, 0.717) is 17.7 Å². The average molecular weight is 376 g/mol. The van der Waals surface area contributed by atoms with Gasteiger partial charge in [-0.1, -0.05) is 30.3 Å². The molecule has 0 fully saturated rings. The Bertz CT molecular complexity index is 725. The van der Waals surface area contributed by atoms with Crippen molar-refractivity contribution in [3.05, 3.63) is 65.7 Å². The molecule has 2 aromatic carbocycles. The highest BCUT2D eigenvalue weighted by Crippen LogP contribution is 2.12. The highest BCUT2D eigenvalue weighted by atomic mass is 35.5. The van der Waals surface area contributed by atoms with Gasteiger partial charge in [-0.3, -0.25) is 9.59 Å². The molecule has 5 nitrogen and oxygen atoms in total. The first-order valence-electron chi connectivity index (χ1n) is 8.27. The van der Waals surface area contributed by atoms with Crippen molar-refractivity contribution in [1.82, 2.24) is 5.32 Å². The number of amides is 2. The van der Waals surface area contributed by atoms with Crippen LogP contribution < -0.4 is 16.4 Å². The Kier molecular flexibility index (Phi) is 7.80. The van der Waals surface area contributed by atoms with Crippen molar-refractivity contribution in [3.8, 4) is 0 Å². The zero-order chi connectivity index (χ0) is 18.4. The molecule has 0 aliphatic rings. The van der Waals surface area contributed by atoms with Crippen LogP contribution in [0.25, 0.3) is 0 Å². The summed E-state index contributed by atoms with van der Waals surface area (Å²) in [7, 11) is 0. The fourth-order valence-electron chi connectivity index (χ4n) is 2.31. The first kappa shape index (κ1) is 21.7. The van der Waals surface area contributed by atoms with Crippen molar-refractivity contribution in [2.75, 3.05) is 5.32 Å². The van der Waals surface area contributed by atoms with Crippen molar-refractivity contribution >= 4 is 29.9 Å². The largest absolute Gasteiger partial charge is 0.347 e. The van der Waals surface area contributed by atoms with E-state index in [-0.39, 0.29) is 29.8 Å². The highest BCUT2D eigenvalue weighted by molar-refractivity contribution is 5.97. The van der Waals surface area contributed by atoms with Crippen LogP contribution in [0.2, 0.25) is 0 Å². The van der Waals surface area contributed by atoms with E-state index in [0.717, 1.165) is 5.56 Å². The molecule has 0 aliphatic heterocycles. The van der Waals surface area contributed by atoms with Crippen molar-refractivity contribution in [2.24, 2.45) is 5.73 Å². The molecule has 0 aromatic heterocycles. The van der Waals surface area contributed by atoms with Crippen LogP contribution in [0.3, 0.4) is 0 Å². The van der Waals surface area contributed by atoms with Crippen LogP contribution in [0.15, 0.2) is 54.6 Å². The molecule has 2 rings (SSSR count). The average Bonchev–Trinajstić information content (AvgIpc) is 2.54. The molecule has 4 N–H and O–H groups in total. The van der Waals surface area contributed by atoms with Crippen LogP contribution >= 0.6 is 12.4 Å². The predicted molar refractivity (Wildman–Crippen MR) is 108 cm³/mol. The predicted octanol–water partition coefficient (Wildman–Crippen LogP) is 3.15. The molecule has 6 heteroatoms. The molecule has 0 heterocycles. The van der Waals surface area contributed by atoms with Gasteiger partial charge >= 0.3 is 0 Å². The van der Waals surface area contributed by atoms with Gasteiger partial charge in [-0.2, -0.15) is 0 Å². The molecular weight excluding hydrogens is 350 g/mol. The van der Waals surface area contributed by atoms with E-state index in [1.54, 1.807) is 24.3 Å². The number of anilines is 1. The van der Waals surface area contributed by atoms with Gasteiger partial charge in [-0.05, 0) is 57.0 Å². The Morgan fingerprint density at radius 2 is 1.58 bits per heavy atom. The number of carbonyl (C=O) groups is 2. The molecule has 26 heavy (non-hydrogen) atoms. The number of rotatable bonds is 5. The first-order chi connectivity index (χ1) is 11.7. The first-order valence-corrected chi connectivity index (χ1v) is 8.27. The lowest BCUT2D eigenvalue weighted by atomic mass is 10.1. The minimum atomic E-state index is -0.633. The number of benzene rings is 2. The monoisotopic (exact) mass is 375 g/mol. The lowest BCUT2D eigenvalue weighted by Gasteiger charge is -2.20. The van der Waals surface area contributed by atoms with Gasteiger partial charge in [0.2, 0.25) is 5.91 Å². The van der Waals surface area contributed by atoms with Crippen LogP contribution in [0, 0.1) is 0 Å².